The minimum absolute atomic E-state index is 0.0245. The molecule has 37 heavy (non-hydrogen) atoms. The molecule has 1 heterocycles. The van der Waals surface area contributed by atoms with E-state index in [0.717, 1.165) is 0 Å². The van der Waals surface area contributed by atoms with Gasteiger partial charge in [0.25, 0.3) is 0 Å². The fraction of sp³-hybridized carbons (Fsp3) is 0.500. The van der Waals surface area contributed by atoms with Crippen molar-refractivity contribution in [3.63, 3.8) is 0 Å². The Balaban J connectivity index is 2.30. The molecule has 0 aliphatic carbocycles. The van der Waals surface area contributed by atoms with Crippen LogP contribution in [-0.4, -0.2) is 65.5 Å². The number of phenolic OH excluding ortho intramolecular Hbond substituents is 1. The Morgan fingerprint density at radius 2 is 1.70 bits per heavy atom. The third-order valence-electron chi connectivity index (χ3n) is 5.75. The Bertz CT molecular complexity index is 1020. The summed E-state index contributed by atoms with van der Waals surface area (Å²) in [6, 6.07) is 2.96. The Kier molecular flexibility index (Phi) is 10.6. The summed E-state index contributed by atoms with van der Waals surface area (Å²) in [6.07, 6.45) is 1.89. The van der Waals surface area contributed by atoms with Crippen molar-refractivity contribution < 1.29 is 33.8 Å². The first-order valence-electron chi connectivity index (χ1n) is 12.2. The zero-order valence-corrected chi connectivity index (χ0v) is 21.7. The van der Waals surface area contributed by atoms with Crippen LogP contribution in [0.2, 0.25) is 0 Å². The first kappa shape index (κ1) is 29.3. The van der Waals surface area contributed by atoms with E-state index in [1.165, 1.54) is 38.1 Å². The lowest BCUT2D eigenvalue weighted by Gasteiger charge is -2.29. The quantitative estimate of drug-likeness (QED) is 0.283. The number of nitrogens with one attached hydrogen (secondary N) is 4. The van der Waals surface area contributed by atoms with Crippen LogP contribution in [0.25, 0.3) is 6.08 Å². The number of rotatable bonds is 5. The van der Waals surface area contributed by atoms with Crippen molar-refractivity contribution in [1.29, 1.82) is 0 Å². The van der Waals surface area contributed by atoms with Crippen molar-refractivity contribution in [3.05, 3.63) is 35.9 Å². The molecule has 0 saturated carbocycles. The summed E-state index contributed by atoms with van der Waals surface area (Å²) in [5, 5.41) is 19.8. The minimum Gasteiger partial charge on any atom is -0.508 e. The molecule has 5 atom stereocenters. The van der Waals surface area contributed by atoms with E-state index in [-0.39, 0.29) is 24.6 Å². The highest BCUT2D eigenvalue weighted by atomic mass is 16.5. The molecule has 1 aromatic carbocycles. The molecule has 1 aliphatic heterocycles. The lowest BCUT2D eigenvalue weighted by atomic mass is 10.0. The highest BCUT2D eigenvalue weighted by Gasteiger charge is 2.34. The van der Waals surface area contributed by atoms with Gasteiger partial charge < -0.3 is 31.1 Å². The van der Waals surface area contributed by atoms with Crippen molar-refractivity contribution >= 4 is 35.7 Å². The van der Waals surface area contributed by atoms with Crippen molar-refractivity contribution in [2.24, 2.45) is 11.8 Å². The van der Waals surface area contributed by atoms with Gasteiger partial charge in [0.05, 0.1) is 5.92 Å². The molecule has 202 valence electrons. The number of carbonyl (C=O) groups excluding carboxylic acids is 5. The van der Waals surface area contributed by atoms with E-state index in [4.69, 9.17) is 4.74 Å². The average molecular weight is 517 g/mol. The molecule has 2 rings (SSSR count). The molecule has 11 nitrogen and oxygen atoms in total. The second-order valence-electron chi connectivity index (χ2n) is 9.62. The van der Waals surface area contributed by atoms with E-state index in [1.807, 2.05) is 13.8 Å². The van der Waals surface area contributed by atoms with Crippen molar-refractivity contribution in [2.45, 2.75) is 65.3 Å². The molecule has 11 heteroatoms. The Morgan fingerprint density at radius 1 is 1.05 bits per heavy atom. The first-order chi connectivity index (χ1) is 17.4. The van der Waals surface area contributed by atoms with Crippen LogP contribution in [0.1, 0.15) is 46.6 Å². The molecule has 4 amide bonds. The molecule has 0 bridgehead atoms. The Labute approximate surface area is 216 Å². The zero-order valence-electron chi connectivity index (χ0n) is 21.7. The molecule has 5 N–H and O–H groups in total. The van der Waals surface area contributed by atoms with Crippen LogP contribution in [-0.2, 0) is 28.7 Å². The number of benzene rings is 1. The lowest BCUT2D eigenvalue weighted by molar-refractivity contribution is -0.156. The SMILES string of the molecule is CC(C)C[C@@H]1NC(=O)[C@H](NC(=O)/C=C\c2ccc(O)cc2)[C@@H](C)OC(=O)[C@@H](C)CNC(=O)[C@@H](C)NC1=O. The van der Waals surface area contributed by atoms with Crippen LogP contribution in [0, 0.1) is 11.8 Å². The second-order valence-corrected chi connectivity index (χ2v) is 9.62. The molecule has 1 aliphatic rings. The van der Waals surface area contributed by atoms with Crippen LogP contribution < -0.4 is 21.3 Å². The largest absolute Gasteiger partial charge is 0.508 e. The number of phenols is 1. The van der Waals surface area contributed by atoms with E-state index < -0.39 is 59.7 Å². The van der Waals surface area contributed by atoms with Gasteiger partial charge in [-0.2, -0.15) is 0 Å². The number of aromatic hydroxyl groups is 1. The predicted molar refractivity (Wildman–Crippen MR) is 136 cm³/mol. The maximum Gasteiger partial charge on any atom is 0.310 e. The average Bonchev–Trinajstić information content (AvgIpc) is 2.83. The highest BCUT2D eigenvalue weighted by molar-refractivity contribution is 5.97. The van der Waals surface area contributed by atoms with E-state index in [1.54, 1.807) is 19.1 Å². The van der Waals surface area contributed by atoms with Crippen LogP contribution in [0.4, 0.5) is 0 Å². The van der Waals surface area contributed by atoms with E-state index in [9.17, 15) is 29.1 Å². The summed E-state index contributed by atoms with van der Waals surface area (Å²) in [4.78, 5) is 63.8. The molecular weight excluding hydrogens is 480 g/mol. The van der Waals surface area contributed by atoms with Crippen LogP contribution in [0.5, 0.6) is 5.75 Å². The van der Waals surface area contributed by atoms with Gasteiger partial charge in [-0.25, -0.2) is 0 Å². The fourth-order valence-corrected chi connectivity index (χ4v) is 3.56. The number of ether oxygens (including phenoxy) is 1. The van der Waals surface area contributed by atoms with Gasteiger partial charge in [-0.1, -0.05) is 32.9 Å². The first-order valence-corrected chi connectivity index (χ1v) is 12.2. The molecule has 0 radical (unpaired) electrons. The summed E-state index contributed by atoms with van der Waals surface area (Å²) in [7, 11) is 0. The second kappa shape index (κ2) is 13.4. The van der Waals surface area contributed by atoms with E-state index in [2.05, 4.69) is 21.3 Å². The number of hydrogen-bond acceptors (Lipinski definition) is 7. The molecule has 0 spiro atoms. The van der Waals surface area contributed by atoms with E-state index >= 15 is 0 Å². The number of cyclic esters (lactones) is 1. The van der Waals surface area contributed by atoms with Gasteiger partial charge in [0, 0.05) is 12.6 Å². The number of amides is 4. The number of carbonyl (C=O) groups is 5. The van der Waals surface area contributed by atoms with Gasteiger partial charge in [-0.15, -0.1) is 0 Å². The number of hydrogen-bond donors (Lipinski definition) is 5. The fourth-order valence-electron chi connectivity index (χ4n) is 3.56. The smallest absolute Gasteiger partial charge is 0.310 e. The Hall–Kier alpha value is -3.89. The molecule has 0 aromatic heterocycles. The summed E-state index contributed by atoms with van der Waals surface area (Å²) in [6.45, 7) is 8.24. The van der Waals surface area contributed by atoms with Gasteiger partial charge in [-0.05, 0) is 50.0 Å². The molecule has 0 unspecified atom stereocenters. The monoisotopic (exact) mass is 516 g/mol. The van der Waals surface area contributed by atoms with Crippen LogP contribution in [0.3, 0.4) is 0 Å². The zero-order chi connectivity index (χ0) is 27.7. The van der Waals surface area contributed by atoms with Gasteiger partial charge in [0.15, 0.2) is 0 Å². The lowest BCUT2D eigenvalue weighted by Crippen LogP contribution is -2.59. The van der Waals surface area contributed by atoms with Gasteiger partial charge in [-0.3, -0.25) is 24.0 Å². The molecule has 1 aromatic rings. The highest BCUT2D eigenvalue weighted by Crippen LogP contribution is 2.12. The number of esters is 1. The third-order valence-corrected chi connectivity index (χ3v) is 5.75. The standard InChI is InChI=1S/C26H36N4O7/c1-14(2)12-20-24(34)28-16(4)23(33)27-13-15(3)26(36)37-17(5)22(25(35)29-20)30-21(32)11-8-18-6-9-19(31)10-7-18/h6-11,14-17,20,22,31H,12-13H2,1-5H3,(H,27,33)(H,28,34)(H,29,35)(H,30,32)/b11-8-/t15-,16+,17+,20-,22+/m0/s1. The van der Waals surface area contributed by atoms with Gasteiger partial charge >= 0.3 is 5.97 Å². The minimum atomic E-state index is -1.30. The summed E-state index contributed by atoms with van der Waals surface area (Å²) < 4.78 is 5.45. The third kappa shape index (κ3) is 9.25. The van der Waals surface area contributed by atoms with E-state index in [0.29, 0.717) is 5.56 Å². The Morgan fingerprint density at radius 3 is 2.32 bits per heavy atom. The molecular formula is C26H36N4O7. The predicted octanol–water partition coefficient (Wildman–Crippen LogP) is 0.623. The van der Waals surface area contributed by atoms with Crippen molar-refractivity contribution in [1.82, 2.24) is 21.3 Å². The van der Waals surface area contributed by atoms with Gasteiger partial charge in [0.1, 0.15) is 30.0 Å². The summed E-state index contributed by atoms with van der Waals surface area (Å²) >= 11 is 0. The maximum absolute atomic E-state index is 13.3. The molecule has 1 saturated heterocycles. The van der Waals surface area contributed by atoms with Gasteiger partial charge in [0.2, 0.25) is 23.6 Å². The summed E-state index contributed by atoms with van der Waals surface area (Å²) in [5.74, 6) is -3.65. The summed E-state index contributed by atoms with van der Waals surface area (Å²) in [5.41, 5.74) is 0.640. The molecule has 1 fully saturated rings. The normalized spacial score (nSPS) is 26.1. The van der Waals surface area contributed by atoms with Crippen molar-refractivity contribution in [3.8, 4) is 5.75 Å². The maximum atomic E-state index is 13.3. The van der Waals surface area contributed by atoms with Crippen molar-refractivity contribution in [2.75, 3.05) is 6.54 Å². The van der Waals surface area contributed by atoms with Crippen LogP contribution in [0.15, 0.2) is 30.3 Å². The van der Waals surface area contributed by atoms with Crippen LogP contribution >= 0.6 is 0 Å². The topological polar surface area (TPSA) is 163 Å².